The Morgan fingerprint density at radius 2 is 1.10 bits per heavy atom. The number of ether oxygens (including phenoxy) is 2. The Morgan fingerprint density at radius 1 is 0.580 bits per heavy atom. The average Bonchev–Trinajstić information content (AvgIpc) is 3.36. The fourth-order valence-corrected chi connectivity index (χ4v) is 8.02. The van der Waals surface area contributed by atoms with E-state index in [9.17, 15) is 4.79 Å². The predicted molar refractivity (Wildman–Crippen MR) is 275 cm³/mol. The molecule has 0 fully saturated rings. The third-order valence-corrected chi connectivity index (χ3v) is 11.7. The first-order chi connectivity index (χ1) is 33.2. The molecule has 348 valence electrons. The summed E-state index contributed by atoms with van der Waals surface area (Å²) in [6, 6.07) is 37.4. The molecule has 5 N–H and O–H groups in total. The number of carbonyl (C=O) groups is 2. The van der Waals surface area contributed by atoms with Gasteiger partial charge < -0.3 is 36.1 Å². The van der Waals surface area contributed by atoms with Crippen LogP contribution in [-0.4, -0.2) is 59.9 Å². The van der Waals surface area contributed by atoms with E-state index in [1.807, 2.05) is 168 Å². The van der Waals surface area contributed by atoms with Crippen molar-refractivity contribution in [3.05, 3.63) is 186 Å². The standard InChI is InChI=1S/C55H54N10O4/c1-34-21-22-47(50(51(34)64(6)7)62-54(66)39-15-10-18-44(27-39)63(4)5)55(67)65(45-19-8-13-37(25-45)35(2)68-48-28-42(32-60-52(48)56)40-16-11-23-58-30-40)46-20-9-14-38(26-46)36(3)69-49-29-43(33-61-53(49)57)41-17-12-24-59-31-41/h8-33,35-36H,1-7H3,(H2,56,60)(H2,57,61)(H,62,66)/t35-,36-/m1/s1. The summed E-state index contributed by atoms with van der Waals surface area (Å²) in [5, 5.41) is 3.15. The third kappa shape index (κ3) is 10.4. The highest BCUT2D eigenvalue weighted by Crippen LogP contribution is 2.39. The maximum Gasteiger partial charge on any atom is 0.265 e. The Labute approximate surface area is 402 Å². The molecule has 14 heteroatoms. The molecule has 4 aromatic heterocycles. The van der Waals surface area contributed by atoms with Crippen LogP contribution in [0.3, 0.4) is 0 Å². The topological polar surface area (TPSA) is 178 Å². The molecule has 0 aliphatic rings. The molecule has 2 atom stereocenters. The number of aryl methyl sites for hydroxylation is 1. The van der Waals surface area contributed by atoms with Crippen molar-refractivity contribution in [1.82, 2.24) is 19.9 Å². The summed E-state index contributed by atoms with van der Waals surface area (Å²) in [5.74, 6) is 0.502. The maximum absolute atomic E-state index is 15.7. The minimum absolute atomic E-state index is 0.232. The molecule has 4 heterocycles. The van der Waals surface area contributed by atoms with E-state index >= 15 is 4.79 Å². The van der Waals surface area contributed by atoms with Gasteiger partial charge in [-0.2, -0.15) is 0 Å². The van der Waals surface area contributed by atoms with Gasteiger partial charge >= 0.3 is 0 Å². The molecule has 0 spiro atoms. The van der Waals surface area contributed by atoms with Crippen LogP contribution in [-0.2, 0) is 0 Å². The third-order valence-electron chi connectivity index (χ3n) is 11.7. The number of rotatable bonds is 15. The van der Waals surface area contributed by atoms with Crippen LogP contribution in [0.15, 0.2) is 159 Å². The Balaban J connectivity index is 1.20. The summed E-state index contributed by atoms with van der Waals surface area (Å²) in [6.07, 6.45) is 9.21. The second-order valence-electron chi connectivity index (χ2n) is 17.0. The number of carbonyl (C=O) groups excluding carboxylic acids is 2. The van der Waals surface area contributed by atoms with Gasteiger partial charge in [-0.25, -0.2) is 9.97 Å². The molecule has 4 aromatic carbocycles. The van der Waals surface area contributed by atoms with Crippen molar-refractivity contribution in [3.63, 3.8) is 0 Å². The lowest BCUT2D eigenvalue weighted by Crippen LogP contribution is -2.29. The lowest BCUT2D eigenvalue weighted by molar-refractivity contribution is 0.1000. The van der Waals surface area contributed by atoms with Crippen LogP contribution < -0.4 is 41.0 Å². The normalized spacial score (nSPS) is 11.8. The first kappa shape index (κ1) is 46.7. The lowest BCUT2D eigenvalue weighted by Gasteiger charge is -2.29. The van der Waals surface area contributed by atoms with E-state index in [4.69, 9.17) is 20.9 Å². The van der Waals surface area contributed by atoms with Crippen LogP contribution in [0.1, 0.15) is 63.5 Å². The van der Waals surface area contributed by atoms with Crippen LogP contribution in [0.2, 0.25) is 0 Å². The number of nitrogens with two attached hydrogens (primary N) is 2. The van der Waals surface area contributed by atoms with Gasteiger partial charge in [0.25, 0.3) is 11.8 Å². The van der Waals surface area contributed by atoms with E-state index in [0.717, 1.165) is 44.6 Å². The highest BCUT2D eigenvalue weighted by atomic mass is 16.5. The number of hydrogen-bond donors (Lipinski definition) is 3. The SMILES string of the molecule is Cc1ccc(C(=O)N(c2cccc([C@@H](C)Oc3cc(-c4cccnc4)cnc3N)c2)c2cccc([C@@H](C)Oc3cc(-c4cccnc4)cnc3N)c2)c(NC(=O)c2cccc(N(C)C)c2)c1N(C)C. The second-order valence-corrected chi connectivity index (χ2v) is 17.0. The molecule has 0 unspecified atom stereocenters. The largest absolute Gasteiger partial charge is 0.482 e. The number of anilines is 7. The minimum atomic E-state index is -0.538. The lowest BCUT2D eigenvalue weighted by atomic mass is 10.0. The van der Waals surface area contributed by atoms with Gasteiger partial charge in [0.15, 0.2) is 23.1 Å². The molecule has 0 radical (unpaired) electrons. The number of amides is 2. The summed E-state index contributed by atoms with van der Waals surface area (Å²) >= 11 is 0. The predicted octanol–water partition coefficient (Wildman–Crippen LogP) is 10.7. The van der Waals surface area contributed by atoms with Gasteiger partial charge in [-0.1, -0.05) is 48.5 Å². The quantitative estimate of drug-likeness (QED) is 0.0888. The van der Waals surface area contributed by atoms with E-state index in [1.165, 1.54) is 0 Å². The second kappa shape index (κ2) is 20.4. The molecule has 0 aliphatic carbocycles. The Bertz CT molecular complexity index is 2990. The number of benzene rings is 4. The van der Waals surface area contributed by atoms with Crippen LogP contribution in [0.4, 0.5) is 40.1 Å². The molecule has 0 bridgehead atoms. The van der Waals surface area contributed by atoms with E-state index < -0.39 is 18.1 Å². The van der Waals surface area contributed by atoms with Gasteiger partial charge in [-0.15, -0.1) is 0 Å². The van der Waals surface area contributed by atoms with Crippen LogP contribution in [0, 0.1) is 6.92 Å². The molecule has 0 saturated carbocycles. The molecular formula is C55H54N10O4. The van der Waals surface area contributed by atoms with Gasteiger partial charge in [0.1, 0.15) is 12.2 Å². The summed E-state index contributed by atoms with van der Waals surface area (Å²) in [6.45, 7) is 5.77. The minimum Gasteiger partial charge on any atom is -0.482 e. The highest BCUT2D eigenvalue weighted by Gasteiger charge is 2.28. The van der Waals surface area contributed by atoms with E-state index in [-0.39, 0.29) is 23.1 Å². The van der Waals surface area contributed by atoms with Crippen molar-refractivity contribution >= 4 is 51.9 Å². The molecule has 0 aliphatic heterocycles. The number of hydrogen-bond acceptors (Lipinski definition) is 12. The van der Waals surface area contributed by atoms with E-state index in [1.54, 1.807) is 54.2 Å². The van der Waals surface area contributed by atoms with Crippen LogP contribution in [0.5, 0.6) is 11.5 Å². The van der Waals surface area contributed by atoms with Gasteiger partial charge in [0, 0.05) is 110 Å². The first-order valence-electron chi connectivity index (χ1n) is 22.3. The zero-order valence-corrected chi connectivity index (χ0v) is 39.6. The molecular weight excluding hydrogens is 865 g/mol. The van der Waals surface area contributed by atoms with Crippen molar-refractivity contribution in [1.29, 1.82) is 0 Å². The zero-order valence-electron chi connectivity index (χ0n) is 39.6. The Morgan fingerprint density at radius 3 is 1.59 bits per heavy atom. The highest BCUT2D eigenvalue weighted by molar-refractivity contribution is 6.18. The van der Waals surface area contributed by atoms with E-state index in [0.29, 0.717) is 39.8 Å². The van der Waals surface area contributed by atoms with Gasteiger partial charge in [-0.05, 0) is 110 Å². The van der Waals surface area contributed by atoms with Crippen molar-refractivity contribution in [2.75, 3.05) is 59.7 Å². The molecule has 2 amide bonds. The maximum atomic E-state index is 15.7. The van der Waals surface area contributed by atoms with Crippen molar-refractivity contribution in [3.8, 4) is 33.8 Å². The fraction of sp³-hybridized carbons (Fsp3) is 0.164. The van der Waals surface area contributed by atoms with Crippen LogP contribution >= 0.6 is 0 Å². The summed E-state index contributed by atoms with van der Waals surface area (Å²) in [5.41, 5.74) is 22.1. The van der Waals surface area contributed by atoms with E-state index in [2.05, 4.69) is 25.3 Å². The fourth-order valence-electron chi connectivity index (χ4n) is 8.02. The van der Waals surface area contributed by atoms with Gasteiger partial charge in [0.2, 0.25) is 0 Å². The van der Waals surface area contributed by atoms with Gasteiger partial charge in [-0.3, -0.25) is 24.5 Å². The molecule has 69 heavy (non-hydrogen) atoms. The molecule has 8 aromatic rings. The number of aromatic nitrogens is 4. The van der Waals surface area contributed by atoms with Gasteiger partial charge in [0.05, 0.1) is 16.9 Å². The molecule has 8 rings (SSSR count). The van der Waals surface area contributed by atoms with Crippen molar-refractivity contribution < 1.29 is 19.1 Å². The smallest absolute Gasteiger partial charge is 0.265 e. The number of nitrogen functional groups attached to an aromatic ring is 2. The number of pyridine rings is 4. The summed E-state index contributed by atoms with van der Waals surface area (Å²) in [7, 11) is 7.60. The van der Waals surface area contributed by atoms with Crippen molar-refractivity contribution in [2.45, 2.75) is 33.0 Å². The van der Waals surface area contributed by atoms with Crippen molar-refractivity contribution in [2.24, 2.45) is 0 Å². The molecule has 14 nitrogen and oxygen atoms in total. The zero-order chi connectivity index (χ0) is 48.8. The number of nitrogens with zero attached hydrogens (tertiary/aromatic N) is 7. The Hall–Kier alpha value is -8.78. The summed E-state index contributed by atoms with van der Waals surface area (Å²) in [4.78, 5) is 52.7. The first-order valence-corrected chi connectivity index (χ1v) is 22.3. The molecule has 0 saturated heterocycles. The summed E-state index contributed by atoms with van der Waals surface area (Å²) < 4.78 is 13.0. The number of nitrogens with one attached hydrogen (secondary N) is 1. The Kier molecular flexibility index (Phi) is 13.8. The van der Waals surface area contributed by atoms with Crippen LogP contribution in [0.25, 0.3) is 22.3 Å². The average molecular weight is 919 g/mol. The monoisotopic (exact) mass is 918 g/mol.